The molecule has 1 aliphatic rings. The number of rotatable bonds is 8. The van der Waals surface area contributed by atoms with E-state index in [0.717, 1.165) is 36.4 Å². The van der Waals surface area contributed by atoms with Gasteiger partial charge in [-0.1, -0.05) is 34.5 Å². The van der Waals surface area contributed by atoms with Gasteiger partial charge in [-0.25, -0.2) is 0 Å². The predicted molar refractivity (Wildman–Crippen MR) is 87.6 cm³/mol. The molecule has 1 aromatic rings. The average Bonchev–Trinajstić information content (AvgIpc) is 3.20. The molecule has 0 aliphatic heterocycles. The van der Waals surface area contributed by atoms with Crippen molar-refractivity contribution in [2.45, 2.75) is 32.6 Å². The second-order valence-corrected chi connectivity index (χ2v) is 6.86. The zero-order valence-corrected chi connectivity index (χ0v) is 14.2. The van der Waals surface area contributed by atoms with Crippen molar-refractivity contribution in [2.75, 3.05) is 19.6 Å². The van der Waals surface area contributed by atoms with Gasteiger partial charge in [0, 0.05) is 29.5 Å². The fourth-order valence-corrected chi connectivity index (χ4v) is 3.16. The third-order valence-electron chi connectivity index (χ3n) is 3.64. The van der Waals surface area contributed by atoms with E-state index in [4.69, 9.17) is 11.6 Å². The second kappa shape index (κ2) is 7.58. The molecule has 2 rings (SSSR count). The molecule has 0 N–H and O–H groups in total. The first-order valence-corrected chi connectivity index (χ1v) is 8.48. The highest BCUT2D eigenvalue weighted by molar-refractivity contribution is 9.10. The molecule has 0 aromatic heterocycles. The van der Waals surface area contributed by atoms with Crippen molar-refractivity contribution in [2.24, 2.45) is 5.92 Å². The van der Waals surface area contributed by atoms with Crippen LogP contribution in [-0.4, -0.2) is 30.3 Å². The van der Waals surface area contributed by atoms with Crippen molar-refractivity contribution in [1.82, 2.24) is 4.90 Å². The van der Waals surface area contributed by atoms with E-state index in [-0.39, 0.29) is 5.78 Å². The molecule has 0 saturated heterocycles. The maximum Gasteiger partial charge on any atom is 0.165 e. The smallest absolute Gasteiger partial charge is 0.165 e. The summed E-state index contributed by atoms with van der Waals surface area (Å²) >= 11 is 9.49. The molecular formula is C16H21BrClNO. The lowest BCUT2D eigenvalue weighted by atomic mass is 10.1. The van der Waals surface area contributed by atoms with Crippen LogP contribution in [0.3, 0.4) is 0 Å². The molecule has 1 aromatic carbocycles. The molecule has 110 valence electrons. The third-order valence-corrected chi connectivity index (χ3v) is 4.45. The summed E-state index contributed by atoms with van der Waals surface area (Å²) in [6, 6.07) is 5.45. The number of nitrogens with zero attached hydrogens (tertiary/aromatic N) is 1. The highest BCUT2D eigenvalue weighted by Crippen LogP contribution is 2.30. The molecule has 0 atom stereocenters. The zero-order valence-electron chi connectivity index (χ0n) is 11.9. The fourth-order valence-electron chi connectivity index (χ4n) is 2.39. The fraction of sp³-hybridized carbons (Fsp3) is 0.562. The lowest BCUT2D eigenvalue weighted by Gasteiger charge is -2.21. The second-order valence-electron chi connectivity index (χ2n) is 5.54. The summed E-state index contributed by atoms with van der Waals surface area (Å²) in [5.41, 5.74) is 0.637. The molecule has 1 aliphatic carbocycles. The van der Waals surface area contributed by atoms with Gasteiger partial charge in [-0.2, -0.15) is 0 Å². The summed E-state index contributed by atoms with van der Waals surface area (Å²) in [4.78, 5) is 14.7. The van der Waals surface area contributed by atoms with Crippen molar-refractivity contribution in [3.8, 4) is 0 Å². The molecular weight excluding hydrogens is 338 g/mol. The monoisotopic (exact) mass is 357 g/mol. The van der Waals surface area contributed by atoms with Gasteiger partial charge in [0.15, 0.2) is 5.78 Å². The van der Waals surface area contributed by atoms with Crippen molar-refractivity contribution in [3.63, 3.8) is 0 Å². The topological polar surface area (TPSA) is 20.3 Å². The van der Waals surface area contributed by atoms with E-state index >= 15 is 0 Å². The van der Waals surface area contributed by atoms with Gasteiger partial charge < -0.3 is 4.90 Å². The first-order chi connectivity index (χ1) is 9.60. The van der Waals surface area contributed by atoms with E-state index in [9.17, 15) is 4.79 Å². The normalized spacial score (nSPS) is 14.8. The van der Waals surface area contributed by atoms with Gasteiger partial charge in [-0.3, -0.25) is 4.79 Å². The van der Waals surface area contributed by atoms with E-state index in [1.165, 1.54) is 12.8 Å². The van der Waals surface area contributed by atoms with Crippen LogP contribution >= 0.6 is 27.5 Å². The Morgan fingerprint density at radius 1 is 1.40 bits per heavy atom. The molecule has 1 fully saturated rings. The van der Waals surface area contributed by atoms with Gasteiger partial charge in [0.25, 0.3) is 0 Å². The lowest BCUT2D eigenvalue weighted by molar-refractivity contribution is 0.0963. The van der Waals surface area contributed by atoms with E-state index in [1.807, 2.05) is 6.07 Å². The molecule has 0 bridgehead atoms. The first kappa shape index (κ1) is 16.0. The number of benzene rings is 1. The number of ketones is 1. The van der Waals surface area contributed by atoms with Crippen molar-refractivity contribution < 1.29 is 4.79 Å². The third kappa shape index (κ3) is 4.87. The number of halogens is 2. The minimum Gasteiger partial charge on any atom is -0.303 e. The first-order valence-electron chi connectivity index (χ1n) is 7.30. The van der Waals surface area contributed by atoms with Crippen LogP contribution in [0.15, 0.2) is 22.7 Å². The molecule has 0 spiro atoms. The Morgan fingerprint density at radius 3 is 2.75 bits per heavy atom. The van der Waals surface area contributed by atoms with Crippen LogP contribution in [0.4, 0.5) is 0 Å². The van der Waals surface area contributed by atoms with Gasteiger partial charge in [0.05, 0.1) is 5.02 Å². The Kier molecular flexibility index (Phi) is 6.06. The van der Waals surface area contributed by atoms with Gasteiger partial charge in [-0.05, 0) is 49.9 Å². The largest absolute Gasteiger partial charge is 0.303 e. The molecule has 0 radical (unpaired) electrons. The SMILES string of the molecule is CCCN(CCC(=O)c1ccc(Br)cc1Cl)CC1CC1. The van der Waals surface area contributed by atoms with E-state index < -0.39 is 0 Å². The van der Waals surface area contributed by atoms with Gasteiger partial charge >= 0.3 is 0 Å². The van der Waals surface area contributed by atoms with E-state index in [0.29, 0.717) is 17.0 Å². The van der Waals surface area contributed by atoms with E-state index in [1.54, 1.807) is 12.1 Å². The summed E-state index contributed by atoms with van der Waals surface area (Å²) in [5.74, 6) is 1.01. The van der Waals surface area contributed by atoms with Gasteiger partial charge in [0.1, 0.15) is 0 Å². The highest BCUT2D eigenvalue weighted by atomic mass is 79.9. The highest BCUT2D eigenvalue weighted by Gasteiger charge is 2.24. The number of carbonyl (C=O) groups excluding carboxylic acids is 1. The summed E-state index contributed by atoms with van der Waals surface area (Å²) in [6.45, 7) is 5.26. The van der Waals surface area contributed by atoms with Crippen LogP contribution in [-0.2, 0) is 0 Å². The molecule has 0 unspecified atom stereocenters. The standard InChI is InChI=1S/C16H21BrClNO/c1-2-8-19(11-12-3-4-12)9-7-16(20)14-6-5-13(17)10-15(14)18/h5-6,10,12H,2-4,7-9,11H2,1H3. The maximum atomic E-state index is 12.3. The Balaban J connectivity index is 1.88. The molecule has 0 heterocycles. The summed E-state index contributed by atoms with van der Waals surface area (Å²) < 4.78 is 0.903. The van der Waals surface area contributed by atoms with Crippen LogP contribution in [0.2, 0.25) is 5.02 Å². The molecule has 0 amide bonds. The van der Waals surface area contributed by atoms with Crippen LogP contribution in [0, 0.1) is 5.92 Å². The van der Waals surface area contributed by atoms with Crippen LogP contribution < -0.4 is 0 Å². The van der Waals surface area contributed by atoms with Crippen LogP contribution in [0.5, 0.6) is 0 Å². The lowest BCUT2D eigenvalue weighted by Crippen LogP contribution is -2.29. The van der Waals surface area contributed by atoms with Crippen molar-refractivity contribution in [1.29, 1.82) is 0 Å². The summed E-state index contributed by atoms with van der Waals surface area (Å²) in [7, 11) is 0. The average molecular weight is 359 g/mol. The van der Waals surface area contributed by atoms with Gasteiger partial charge in [0.2, 0.25) is 0 Å². The number of hydrogen-bond acceptors (Lipinski definition) is 2. The molecule has 4 heteroatoms. The van der Waals surface area contributed by atoms with Crippen LogP contribution in [0.1, 0.15) is 43.0 Å². The summed E-state index contributed by atoms with van der Waals surface area (Å²) in [6.07, 6.45) is 4.40. The minimum atomic E-state index is 0.138. The maximum absolute atomic E-state index is 12.3. The molecule has 20 heavy (non-hydrogen) atoms. The Labute approximate surface area is 134 Å². The minimum absolute atomic E-state index is 0.138. The number of Topliss-reactive ketones (excluding diaryl/α,β-unsaturated/α-hetero) is 1. The van der Waals surface area contributed by atoms with Crippen molar-refractivity contribution in [3.05, 3.63) is 33.3 Å². The Bertz CT molecular complexity index is 474. The number of carbonyl (C=O) groups is 1. The number of hydrogen-bond donors (Lipinski definition) is 0. The van der Waals surface area contributed by atoms with Gasteiger partial charge in [-0.15, -0.1) is 0 Å². The summed E-state index contributed by atoms with van der Waals surface area (Å²) in [5, 5.41) is 0.536. The Hall–Kier alpha value is -0.380. The van der Waals surface area contributed by atoms with Crippen LogP contribution in [0.25, 0.3) is 0 Å². The van der Waals surface area contributed by atoms with E-state index in [2.05, 4.69) is 27.8 Å². The Morgan fingerprint density at radius 2 is 2.15 bits per heavy atom. The molecule has 1 saturated carbocycles. The van der Waals surface area contributed by atoms with Crippen molar-refractivity contribution >= 4 is 33.3 Å². The quantitative estimate of drug-likeness (QED) is 0.622. The zero-order chi connectivity index (χ0) is 14.5. The predicted octanol–water partition coefficient (Wildman–Crippen LogP) is 4.80. The molecule has 2 nitrogen and oxygen atoms in total.